The standard InChI is InChI=1S/C29H31F2NO2/c30-24-13-14-25(31)28-27(24)29(19-22-9-3-1-4-10-22)15-7-16-32(26(29)21-34-28)17-8-18-33-20-23-11-5-2-6-12-23/h1-6,9-14,26H,7-8,15-21H2/t26?,29-/m0/s1. The minimum absolute atomic E-state index is 0.0145. The second-order valence-electron chi connectivity index (χ2n) is 9.41. The molecule has 34 heavy (non-hydrogen) atoms. The monoisotopic (exact) mass is 463 g/mol. The molecule has 3 nitrogen and oxygen atoms in total. The van der Waals surface area contributed by atoms with Crippen LogP contribution in [0.4, 0.5) is 8.78 Å². The predicted octanol–water partition coefficient (Wildman–Crippen LogP) is 5.91. The summed E-state index contributed by atoms with van der Waals surface area (Å²) >= 11 is 0. The van der Waals surface area contributed by atoms with Crippen molar-refractivity contribution >= 4 is 0 Å². The zero-order valence-electron chi connectivity index (χ0n) is 19.4. The van der Waals surface area contributed by atoms with Crippen molar-refractivity contribution in [2.24, 2.45) is 0 Å². The van der Waals surface area contributed by atoms with Crippen LogP contribution >= 0.6 is 0 Å². The summed E-state index contributed by atoms with van der Waals surface area (Å²) in [6.07, 6.45) is 3.29. The molecule has 0 radical (unpaired) electrons. The first-order valence-corrected chi connectivity index (χ1v) is 12.2. The molecule has 3 aromatic rings. The maximum atomic E-state index is 15.3. The fourth-order valence-electron chi connectivity index (χ4n) is 5.78. The maximum Gasteiger partial charge on any atom is 0.165 e. The van der Waals surface area contributed by atoms with E-state index in [4.69, 9.17) is 9.47 Å². The Morgan fingerprint density at radius 2 is 1.62 bits per heavy atom. The molecule has 0 bridgehead atoms. The summed E-state index contributed by atoms with van der Waals surface area (Å²) in [7, 11) is 0. The largest absolute Gasteiger partial charge is 0.488 e. The average molecular weight is 464 g/mol. The van der Waals surface area contributed by atoms with Gasteiger partial charge in [-0.25, -0.2) is 8.78 Å². The molecule has 1 saturated heterocycles. The van der Waals surface area contributed by atoms with Gasteiger partial charge in [0.2, 0.25) is 0 Å². The van der Waals surface area contributed by atoms with E-state index in [2.05, 4.69) is 29.2 Å². The van der Waals surface area contributed by atoms with Crippen LogP contribution in [0.25, 0.3) is 0 Å². The zero-order valence-corrected chi connectivity index (χ0v) is 19.4. The van der Waals surface area contributed by atoms with Crippen LogP contribution in [0.2, 0.25) is 0 Å². The second-order valence-corrected chi connectivity index (χ2v) is 9.41. The second kappa shape index (κ2) is 10.2. The quantitative estimate of drug-likeness (QED) is 0.388. The van der Waals surface area contributed by atoms with Crippen molar-refractivity contribution in [2.75, 3.05) is 26.3 Å². The molecular weight excluding hydrogens is 432 g/mol. The highest BCUT2D eigenvalue weighted by Gasteiger charge is 2.52. The van der Waals surface area contributed by atoms with E-state index in [1.165, 1.54) is 12.1 Å². The van der Waals surface area contributed by atoms with Crippen LogP contribution in [0.5, 0.6) is 5.75 Å². The number of rotatable bonds is 8. The molecule has 2 atom stereocenters. The number of hydrogen-bond acceptors (Lipinski definition) is 3. The lowest BCUT2D eigenvalue weighted by Crippen LogP contribution is -2.61. The van der Waals surface area contributed by atoms with Crippen LogP contribution < -0.4 is 4.74 Å². The van der Waals surface area contributed by atoms with Crippen LogP contribution in [0.1, 0.15) is 36.0 Å². The Balaban J connectivity index is 1.35. The first-order valence-electron chi connectivity index (χ1n) is 12.2. The van der Waals surface area contributed by atoms with Gasteiger partial charge in [0, 0.05) is 24.1 Å². The fraction of sp³-hybridized carbons (Fsp3) is 0.379. The third kappa shape index (κ3) is 4.59. The number of benzene rings is 3. The van der Waals surface area contributed by atoms with E-state index in [1.807, 2.05) is 36.4 Å². The normalized spacial score (nSPS) is 22.0. The predicted molar refractivity (Wildman–Crippen MR) is 129 cm³/mol. The number of fused-ring (bicyclic) bond motifs is 3. The minimum atomic E-state index is -0.524. The fourth-order valence-corrected chi connectivity index (χ4v) is 5.78. The topological polar surface area (TPSA) is 21.7 Å². The number of ether oxygens (including phenoxy) is 2. The summed E-state index contributed by atoms with van der Waals surface area (Å²) in [5.41, 5.74) is 2.19. The molecule has 2 aliphatic rings. The lowest BCUT2D eigenvalue weighted by atomic mass is 9.63. The van der Waals surface area contributed by atoms with E-state index >= 15 is 4.39 Å². The van der Waals surface area contributed by atoms with E-state index in [0.29, 0.717) is 31.8 Å². The molecule has 1 unspecified atom stereocenters. The first kappa shape index (κ1) is 23.0. The molecule has 178 valence electrons. The van der Waals surface area contributed by atoms with Crippen molar-refractivity contribution in [3.05, 3.63) is 101 Å². The summed E-state index contributed by atoms with van der Waals surface area (Å²) < 4.78 is 41.8. The molecule has 2 aliphatic heterocycles. The van der Waals surface area contributed by atoms with E-state index < -0.39 is 11.2 Å². The summed E-state index contributed by atoms with van der Waals surface area (Å²) in [6.45, 7) is 3.39. The summed E-state index contributed by atoms with van der Waals surface area (Å²) in [6, 6.07) is 22.7. The summed E-state index contributed by atoms with van der Waals surface area (Å²) in [4.78, 5) is 2.41. The van der Waals surface area contributed by atoms with Crippen molar-refractivity contribution in [1.82, 2.24) is 4.90 Å². The van der Waals surface area contributed by atoms with Gasteiger partial charge in [0.25, 0.3) is 0 Å². The van der Waals surface area contributed by atoms with Gasteiger partial charge in [0.05, 0.1) is 12.6 Å². The third-order valence-electron chi connectivity index (χ3n) is 7.30. The van der Waals surface area contributed by atoms with Crippen molar-refractivity contribution < 1.29 is 18.3 Å². The molecular formula is C29H31F2NO2. The van der Waals surface area contributed by atoms with Crippen molar-refractivity contribution in [3.63, 3.8) is 0 Å². The van der Waals surface area contributed by atoms with Crippen LogP contribution in [-0.2, 0) is 23.2 Å². The van der Waals surface area contributed by atoms with Gasteiger partial charge < -0.3 is 9.47 Å². The molecule has 5 rings (SSSR count). The smallest absolute Gasteiger partial charge is 0.165 e. The maximum absolute atomic E-state index is 15.3. The van der Waals surface area contributed by atoms with Crippen molar-refractivity contribution in [3.8, 4) is 5.75 Å². The minimum Gasteiger partial charge on any atom is -0.488 e. The lowest BCUT2D eigenvalue weighted by Gasteiger charge is -2.53. The molecule has 2 heterocycles. The van der Waals surface area contributed by atoms with Gasteiger partial charge in [-0.05, 0) is 55.5 Å². The van der Waals surface area contributed by atoms with E-state index in [-0.39, 0.29) is 17.6 Å². The third-order valence-corrected chi connectivity index (χ3v) is 7.30. The SMILES string of the molecule is Fc1ccc(F)c2c1OCC1N(CCCOCc3ccccc3)CCC[C@@]21Cc1ccccc1. The van der Waals surface area contributed by atoms with Crippen LogP contribution in [0.15, 0.2) is 72.8 Å². The molecule has 0 spiro atoms. The Labute approximate surface area is 200 Å². The highest BCUT2D eigenvalue weighted by molar-refractivity contribution is 5.47. The summed E-state index contributed by atoms with van der Waals surface area (Å²) in [5.74, 6) is -0.751. The molecule has 0 aliphatic carbocycles. The van der Waals surface area contributed by atoms with Gasteiger partial charge in [0.15, 0.2) is 11.6 Å². The van der Waals surface area contributed by atoms with Gasteiger partial charge in [0.1, 0.15) is 12.4 Å². The molecule has 0 amide bonds. The van der Waals surface area contributed by atoms with Crippen molar-refractivity contribution in [1.29, 1.82) is 0 Å². The van der Waals surface area contributed by atoms with Gasteiger partial charge in [-0.15, -0.1) is 0 Å². The van der Waals surface area contributed by atoms with Gasteiger partial charge in [-0.1, -0.05) is 60.7 Å². The molecule has 3 aromatic carbocycles. The van der Waals surface area contributed by atoms with Crippen LogP contribution in [0.3, 0.4) is 0 Å². The van der Waals surface area contributed by atoms with Crippen LogP contribution in [0, 0.1) is 11.6 Å². The molecule has 0 N–H and O–H groups in total. The van der Waals surface area contributed by atoms with E-state index in [1.54, 1.807) is 0 Å². The molecule has 5 heteroatoms. The lowest BCUT2D eigenvalue weighted by molar-refractivity contribution is 0.00320. The number of halogens is 2. The number of hydrogen-bond donors (Lipinski definition) is 0. The Bertz CT molecular complexity index is 1090. The molecule has 0 aromatic heterocycles. The molecule has 1 fully saturated rings. The van der Waals surface area contributed by atoms with Gasteiger partial charge in [-0.3, -0.25) is 4.90 Å². The summed E-state index contributed by atoms with van der Waals surface area (Å²) in [5, 5.41) is 0. The van der Waals surface area contributed by atoms with E-state index in [9.17, 15) is 4.39 Å². The highest BCUT2D eigenvalue weighted by atomic mass is 19.1. The van der Waals surface area contributed by atoms with Crippen molar-refractivity contribution in [2.45, 2.75) is 43.7 Å². The Morgan fingerprint density at radius 1 is 0.912 bits per heavy atom. The average Bonchev–Trinajstić information content (AvgIpc) is 2.87. The Morgan fingerprint density at radius 3 is 2.38 bits per heavy atom. The Kier molecular flexibility index (Phi) is 6.93. The number of piperidine rings is 1. The number of nitrogens with zero attached hydrogens (tertiary/aromatic N) is 1. The first-order chi connectivity index (χ1) is 16.7. The highest BCUT2D eigenvalue weighted by Crippen LogP contribution is 2.50. The zero-order chi connectivity index (χ0) is 23.4. The van der Waals surface area contributed by atoms with Gasteiger partial charge >= 0.3 is 0 Å². The van der Waals surface area contributed by atoms with E-state index in [0.717, 1.165) is 43.5 Å². The molecule has 0 saturated carbocycles. The van der Waals surface area contributed by atoms with Crippen LogP contribution in [-0.4, -0.2) is 37.2 Å². The Hall–Kier alpha value is -2.76. The number of likely N-dealkylation sites (tertiary alicyclic amines) is 1. The van der Waals surface area contributed by atoms with Gasteiger partial charge in [-0.2, -0.15) is 0 Å².